The second-order valence-corrected chi connectivity index (χ2v) is 7.02. The summed E-state index contributed by atoms with van der Waals surface area (Å²) in [6, 6.07) is 3.76. The van der Waals surface area contributed by atoms with Gasteiger partial charge in [-0.2, -0.15) is 0 Å². The Morgan fingerprint density at radius 1 is 1.48 bits per heavy atom. The Kier molecular flexibility index (Phi) is 6.07. The minimum atomic E-state index is -0.615. The number of morpholine rings is 1. The van der Waals surface area contributed by atoms with Crippen LogP contribution in [0, 0.1) is 10.1 Å². The number of amides is 1. The van der Waals surface area contributed by atoms with Crippen molar-refractivity contribution < 1.29 is 23.9 Å². The first-order chi connectivity index (χ1) is 11.7. The van der Waals surface area contributed by atoms with Crippen LogP contribution in [0.3, 0.4) is 0 Å². The zero-order valence-electron chi connectivity index (χ0n) is 14.4. The lowest BCUT2D eigenvalue weighted by molar-refractivity contribution is -0.385. The van der Waals surface area contributed by atoms with Crippen LogP contribution in [0.2, 0.25) is 5.02 Å². The number of carbonyl (C=O) groups excluding carboxylic acids is 1. The van der Waals surface area contributed by atoms with Gasteiger partial charge in [-0.15, -0.1) is 0 Å². The Balaban J connectivity index is 2.07. The molecule has 1 saturated heterocycles. The minimum absolute atomic E-state index is 0.0434. The van der Waals surface area contributed by atoms with Gasteiger partial charge in [0, 0.05) is 17.6 Å². The van der Waals surface area contributed by atoms with Gasteiger partial charge in [-0.3, -0.25) is 15.0 Å². The van der Waals surface area contributed by atoms with Crippen molar-refractivity contribution >= 4 is 23.4 Å². The Morgan fingerprint density at radius 3 is 2.84 bits per heavy atom. The first kappa shape index (κ1) is 19.3. The molecule has 1 heterocycles. The number of benzene rings is 1. The maximum absolute atomic E-state index is 12.3. The minimum Gasteiger partial charge on any atom is -0.485 e. The van der Waals surface area contributed by atoms with Gasteiger partial charge in [0.2, 0.25) is 0 Å². The number of nitrogens with zero attached hydrogens (tertiary/aromatic N) is 2. The van der Waals surface area contributed by atoms with Crippen LogP contribution in [0.4, 0.5) is 10.5 Å². The van der Waals surface area contributed by atoms with Crippen LogP contribution in [-0.2, 0) is 9.47 Å². The molecule has 138 valence electrons. The van der Waals surface area contributed by atoms with Crippen LogP contribution in [0.15, 0.2) is 18.2 Å². The SMILES string of the molecule is CC(C)(C)OC(=O)N1CCOC[C@@H]1COc1ccc(Cl)cc1[N+](=O)[O-]. The highest BCUT2D eigenvalue weighted by atomic mass is 35.5. The maximum atomic E-state index is 12.3. The molecule has 0 N–H and O–H groups in total. The lowest BCUT2D eigenvalue weighted by Gasteiger charge is -2.36. The van der Waals surface area contributed by atoms with Gasteiger partial charge in [0.05, 0.1) is 24.2 Å². The summed E-state index contributed by atoms with van der Waals surface area (Å²) in [4.78, 5) is 24.4. The summed E-state index contributed by atoms with van der Waals surface area (Å²) in [7, 11) is 0. The second kappa shape index (κ2) is 7.88. The van der Waals surface area contributed by atoms with E-state index < -0.39 is 22.7 Å². The zero-order valence-corrected chi connectivity index (χ0v) is 15.1. The fourth-order valence-electron chi connectivity index (χ4n) is 2.30. The van der Waals surface area contributed by atoms with Gasteiger partial charge in [0.15, 0.2) is 5.75 Å². The van der Waals surface area contributed by atoms with Gasteiger partial charge in [-0.1, -0.05) is 11.6 Å². The molecule has 0 aromatic heterocycles. The fourth-order valence-corrected chi connectivity index (χ4v) is 2.46. The van der Waals surface area contributed by atoms with E-state index in [-0.39, 0.29) is 29.7 Å². The smallest absolute Gasteiger partial charge is 0.410 e. The topological polar surface area (TPSA) is 91.1 Å². The van der Waals surface area contributed by atoms with Crippen LogP contribution in [0.1, 0.15) is 20.8 Å². The van der Waals surface area contributed by atoms with Crippen molar-refractivity contribution in [1.29, 1.82) is 0 Å². The van der Waals surface area contributed by atoms with Crippen molar-refractivity contribution in [2.45, 2.75) is 32.4 Å². The summed E-state index contributed by atoms with van der Waals surface area (Å²) in [5, 5.41) is 11.4. The number of hydrogen-bond acceptors (Lipinski definition) is 6. The number of ether oxygens (including phenoxy) is 3. The predicted molar refractivity (Wildman–Crippen MR) is 91.1 cm³/mol. The highest BCUT2D eigenvalue weighted by Crippen LogP contribution is 2.30. The molecule has 8 nitrogen and oxygen atoms in total. The maximum Gasteiger partial charge on any atom is 0.410 e. The van der Waals surface area contributed by atoms with E-state index in [0.29, 0.717) is 13.2 Å². The van der Waals surface area contributed by atoms with Crippen LogP contribution in [-0.4, -0.2) is 53.9 Å². The molecule has 1 atom stereocenters. The van der Waals surface area contributed by atoms with Crippen LogP contribution < -0.4 is 4.74 Å². The zero-order chi connectivity index (χ0) is 18.6. The van der Waals surface area contributed by atoms with E-state index in [1.165, 1.54) is 23.1 Å². The molecule has 9 heteroatoms. The van der Waals surface area contributed by atoms with Crippen molar-refractivity contribution in [3.05, 3.63) is 33.3 Å². The Morgan fingerprint density at radius 2 is 2.20 bits per heavy atom. The molecule has 1 aromatic rings. The number of rotatable bonds is 4. The molecular weight excluding hydrogens is 352 g/mol. The van der Waals surface area contributed by atoms with E-state index in [9.17, 15) is 14.9 Å². The highest BCUT2D eigenvalue weighted by Gasteiger charge is 2.32. The molecule has 1 aliphatic rings. The summed E-state index contributed by atoms with van der Waals surface area (Å²) < 4.78 is 16.4. The summed E-state index contributed by atoms with van der Waals surface area (Å²) in [6.07, 6.45) is -0.463. The summed E-state index contributed by atoms with van der Waals surface area (Å²) in [6.45, 7) is 6.43. The average Bonchev–Trinajstić information content (AvgIpc) is 2.52. The summed E-state index contributed by atoms with van der Waals surface area (Å²) in [5.74, 6) is 0.0871. The standard InChI is InChI=1S/C16H21ClN2O6/c1-16(2,3)25-15(20)18-6-7-23-9-12(18)10-24-14-5-4-11(17)8-13(14)19(21)22/h4-5,8,12H,6-7,9-10H2,1-3H3/t12-/m1/s1. The lowest BCUT2D eigenvalue weighted by Crippen LogP contribution is -2.52. The van der Waals surface area contributed by atoms with Crippen molar-refractivity contribution in [2.75, 3.05) is 26.4 Å². The van der Waals surface area contributed by atoms with Gasteiger partial charge < -0.3 is 14.2 Å². The first-order valence-corrected chi connectivity index (χ1v) is 8.19. The van der Waals surface area contributed by atoms with Crippen LogP contribution in [0.5, 0.6) is 5.75 Å². The van der Waals surface area contributed by atoms with Crippen LogP contribution in [0.25, 0.3) is 0 Å². The van der Waals surface area contributed by atoms with Crippen molar-refractivity contribution in [3.8, 4) is 5.75 Å². The van der Waals surface area contributed by atoms with Gasteiger partial charge in [-0.25, -0.2) is 4.79 Å². The third-order valence-electron chi connectivity index (χ3n) is 3.40. The average molecular weight is 373 g/mol. The van der Waals surface area contributed by atoms with Crippen molar-refractivity contribution in [1.82, 2.24) is 4.90 Å². The molecule has 2 rings (SSSR count). The number of nitro benzene ring substituents is 1. The van der Waals surface area contributed by atoms with Gasteiger partial charge >= 0.3 is 11.8 Å². The van der Waals surface area contributed by atoms with E-state index in [1.807, 2.05) is 0 Å². The molecule has 25 heavy (non-hydrogen) atoms. The molecule has 0 saturated carbocycles. The number of hydrogen-bond donors (Lipinski definition) is 0. The predicted octanol–water partition coefficient (Wildman–Crippen LogP) is 3.26. The molecule has 0 bridgehead atoms. The van der Waals surface area contributed by atoms with Gasteiger partial charge in [-0.05, 0) is 32.9 Å². The second-order valence-electron chi connectivity index (χ2n) is 6.58. The van der Waals surface area contributed by atoms with Crippen molar-refractivity contribution in [2.24, 2.45) is 0 Å². The van der Waals surface area contributed by atoms with Crippen LogP contribution >= 0.6 is 11.6 Å². The quantitative estimate of drug-likeness (QED) is 0.595. The monoisotopic (exact) mass is 372 g/mol. The Bertz CT molecular complexity index is 646. The third kappa shape index (κ3) is 5.47. The van der Waals surface area contributed by atoms with E-state index in [2.05, 4.69) is 0 Å². The molecular formula is C16H21ClN2O6. The molecule has 0 spiro atoms. The van der Waals surface area contributed by atoms with E-state index in [1.54, 1.807) is 20.8 Å². The van der Waals surface area contributed by atoms with Crippen molar-refractivity contribution in [3.63, 3.8) is 0 Å². The molecule has 1 amide bonds. The molecule has 0 unspecified atom stereocenters. The summed E-state index contributed by atoms with van der Waals surface area (Å²) >= 11 is 5.79. The molecule has 1 fully saturated rings. The first-order valence-electron chi connectivity index (χ1n) is 7.81. The Hall–Kier alpha value is -2.06. The van der Waals surface area contributed by atoms with Gasteiger partial charge in [0.1, 0.15) is 12.2 Å². The lowest BCUT2D eigenvalue weighted by atomic mass is 10.2. The molecule has 1 aromatic carbocycles. The molecule has 1 aliphatic heterocycles. The third-order valence-corrected chi connectivity index (χ3v) is 3.64. The van der Waals surface area contributed by atoms with E-state index >= 15 is 0 Å². The molecule has 0 aliphatic carbocycles. The van der Waals surface area contributed by atoms with E-state index in [4.69, 9.17) is 25.8 Å². The number of nitro groups is 1. The number of halogens is 1. The fraction of sp³-hybridized carbons (Fsp3) is 0.562. The molecule has 0 radical (unpaired) electrons. The van der Waals surface area contributed by atoms with E-state index in [0.717, 1.165) is 0 Å². The Labute approximate surface area is 150 Å². The van der Waals surface area contributed by atoms with Gasteiger partial charge in [0.25, 0.3) is 0 Å². The normalized spacial score (nSPS) is 17.9. The summed E-state index contributed by atoms with van der Waals surface area (Å²) in [5.41, 5.74) is -0.844. The highest BCUT2D eigenvalue weighted by molar-refractivity contribution is 6.30. The number of carbonyl (C=O) groups is 1. The largest absolute Gasteiger partial charge is 0.485 e.